The molecule has 2 N–H and O–H groups in total. The molecule has 0 aliphatic carbocycles. The Morgan fingerprint density at radius 3 is 3.00 bits per heavy atom. The number of thiocarbonyl (C=S) groups is 1. The second-order valence-corrected chi connectivity index (χ2v) is 3.84. The van der Waals surface area contributed by atoms with Gasteiger partial charge >= 0.3 is 0 Å². The lowest BCUT2D eigenvalue weighted by Gasteiger charge is -2.17. The highest BCUT2D eigenvalue weighted by Gasteiger charge is 2.16. The summed E-state index contributed by atoms with van der Waals surface area (Å²) in [5.74, 6) is 0.578. The average Bonchev–Trinajstić information content (AvgIpc) is 2.16. The Hall–Kier alpha value is -1.22. The van der Waals surface area contributed by atoms with Crippen LogP contribution in [0.15, 0.2) is 23.2 Å². The van der Waals surface area contributed by atoms with Crippen molar-refractivity contribution in [3.63, 3.8) is 0 Å². The van der Waals surface area contributed by atoms with Crippen LogP contribution in [0.25, 0.3) is 0 Å². The molecule has 0 fully saturated rings. The molecule has 0 saturated heterocycles. The summed E-state index contributed by atoms with van der Waals surface area (Å²) in [6.07, 6.45) is 1.73. The number of hydrogen-bond donors (Lipinski definition) is 1. The molecule has 14 heavy (non-hydrogen) atoms. The van der Waals surface area contributed by atoms with Crippen molar-refractivity contribution in [2.45, 2.75) is 19.8 Å². The predicted octanol–water partition coefficient (Wildman–Crippen LogP) is 1.84. The van der Waals surface area contributed by atoms with E-state index in [4.69, 9.17) is 18.0 Å². The lowest BCUT2D eigenvalue weighted by atomic mass is 9.94. The molecule has 3 heteroatoms. The maximum atomic E-state index is 5.88. The molecule has 0 atom stereocenters. The second kappa shape index (κ2) is 3.50. The zero-order valence-corrected chi connectivity index (χ0v) is 8.90. The zero-order chi connectivity index (χ0) is 10.1. The molecule has 0 unspecified atom stereocenters. The minimum atomic E-state index is 0.578. The predicted molar refractivity (Wildman–Crippen MR) is 62.8 cm³/mol. The number of fused-ring (bicyclic) bond motifs is 1. The maximum Gasteiger partial charge on any atom is 0.132 e. The molecule has 72 valence electrons. The van der Waals surface area contributed by atoms with E-state index in [2.05, 4.69) is 30.1 Å². The number of rotatable bonds is 1. The van der Waals surface area contributed by atoms with Crippen LogP contribution in [0.2, 0.25) is 0 Å². The molecule has 1 aromatic carbocycles. The van der Waals surface area contributed by atoms with Gasteiger partial charge in [0.25, 0.3) is 0 Å². The Labute approximate surface area is 88.8 Å². The molecule has 2 nitrogen and oxygen atoms in total. The third-order valence-electron chi connectivity index (χ3n) is 2.46. The zero-order valence-electron chi connectivity index (χ0n) is 8.08. The van der Waals surface area contributed by atoms with E-state index in [9.17, 15) is 0 Å². The van der Waals surface area contributed by atoms with Crippen molar-refractivity contribution in [2.24, 2.45) is 10.7 Å². The smallest absolute Gasteiger partial charge is 0.132 e. The highest BCUT2D eigenvalue weighted by molar-refractivity contribution is 7.80. The van der Waals surface area contributed by atoms with E-state index in [0.717, 1.165) is 18.4 Å². The summed E-state index contributed by atoms with van der Waals surface area (Å²) in [5.41, 5.74) is 9.44. The van der Waals surface area contributed by atoms with Gasteiger partial charge in [0.05, 0.1) is 0 Å². The van der Waals surface area contributed by atoms with Crippen LogP contribution >= 0.6 is 12.2 Å². The van der Waals surface area contributed by atoms with E-state index in [0.29, 0.717) is 10.8 Å². The van der Waals surface area contributed by atoms with Gasteiger partial charge in [-0.2, -0.15) is 0 Å². The first-order valence-electron chi connectivity index (χ1n) is 4.70. The highest BCUT2D eigenvalue weighted by Crippen LogP contribution is 2.20. The first-order chi connectivity index (χ1) is 6.72. The van der Waals surface area contributed by atoms with Gasteiger partial charge in [-0.25, -0.2) is 4.99 Å². The summed E-state index contributed by atoms with van der Waals surface area (Å²) in [6, 6.07) is 6.22. The number of nitrogens with two attached hydrogens (primary N) is 1. The molecule has 0 bridgehead atoms. The van der Waals surface area contributed by atoms with Crippen molar-refractivity contribution in [3.8, 4) is 0 Å². The third-order valence-corrected chi connectivity index (χ3v) is 2.70. The molecule has 0 amide bonds. The minimum Gasteiger partial charge on any atom is -0.383 e. The maximum absolute atomic E-state index is 5.88. The monoisotopic (exact) mass is 204 g/mol. The van der Waals surface area contributed by atoms with E-state index >= 15 is 0 Å². The first kappa shape index (κ1) is 9.34. The SMILES string of the molecule is CCc1cccc2c1C(N)=NC(=S)C2. The number of nitrogens with zero attached hydrogens (tertiary/aromatic N) is 1. The third kappa shape index (κ3) is 1.44. The van der Waals surface area contributed by atoms with E-state index in [1.807, 2.05) is 0 Å². The molecule has 1 aromatic rings. The van der Waals surface area contributed by atoms with Gasteiger partial charge in [-0.15, -0.1) is 0 Å². The van der Waals surface area contributed by atoms with E-state index in [1.54, 1.807) is 0 Å². The van der Waals surface area contributed by atoms with Gasteiger partial charge in [-0.05, 0) is 17.5 Å². The summed E-state index contributed by atoms with van der Waals surface area (Å²) in [5, 5.41) is 0. The van der Waals surface area contributed by atoms with Gasteiger partial charge in [0.15, 0.2) is 0 Å². The van der Waals surface area contributed by atoms with Crippen molar-refractivity contribution in [3.05, 3.63) is 34.9 Å². The summed E-state index contributed by atoms with van der Waals surface area (Å²) in [7, 11) is 0. The second-order valence-electron chi connectivity index (χ2n) is 3.37. The summed E-state index contributed by atoms with van der Waals surface area (Å²) < 4.78 is 0. The van der Waals surface area contributed by atoms with E-state index in [1.165, 1.54) is 11.1 Å². The number of amidine groups is 1. The molecule has 0 aromatic heterocycles. The molecule has 0 radical (unpaired) electrons. The number of aliphatic imine (C=N–C) groups is 1. The molecular weight excluding hydrogens is 192 g/mol. The Morgan fingerprint density at radius 2 is 2.29 bits per heavy atom. The molecular formula is C11H12N2S. The summed E-state index contributed by atoms with van der Waals surface area (Å²) >= 11 is 5.07. The summed E-state index contributed by atoms with van der Waals surface area (Å²) in [6.45, 7) is 2.12. The quantitative estimate of drug-likeness (QED) is 0.709. The fraction of sp³-hybridized carbons (Fsp3) is 0.273. The van der Waals surface area contributed by atoms with Crippen LogP contribution in [-0.4, -0.2) is 10.8 Å². The Kier molecular flexibility index (Phi) is 2.33. The van der Waals surface area contributed by atoms with Crippen LogP contribution in [-0.2, 0) is 12.8 Å². The molecule has 0 spiro atoms. The molecule has 1 aliphatic rings. The number of hydrogen-bond acceptors (Lipinski definition) is 2. The van der Waals surface area contributed by atoms with Crippen molar-refractivity contribution < 1.29 is 0 Å². The number of benzene rings is 1. The van der Waals surface area contributed by atoms with Crippen LogP contribution in [0.3, 0.4) is 0 Å². The topological polar surface area (TPSA) is 38.4 Å². The standard InChI is InChI=1S/C11H12N2S/c1-2-7-4-3-5-8-6-9(14)13-11(12)10(7)8/h3-5H,2,6H2,1H3,(H2,12,13,14). The molecule has 1 heterocycles. The van der Waals surface area contributed by atoms with Crippen molar-refractivity contribution >= 4 is 23.0 Å². The Balaban J connectivity index is 2.63. The minimum absolute atomic E-state index is 0.578. The Bertz CT molecular complexity index is 421. The van der Waals surface area contributed by atoms with E-state index in [-0.39, 0.29) is 0 Å². The largest absolute Gasteiger partial charge is 0.383 e. The van der Waals surface area contributed by atoms with Gasteiger partial charge < -0.3 is 5.73 Å². The lowest BCUT2D eigenvalue weighted by molar-refractivity contribution is 1.10. The van der Waals surface area contributed by atoms with Crippen molar-refractivity contribution in [1.82, 2.24) is 0 Å². The first-order valence-corrected chi connectivity index (χ1v) is 5.11. The normalized spacial score (nSPS) is 14.9. The fourth-order valence-corrected chi connectivity index (χ4v) is 2.07. The molecule has 1 aliphatic heterocycles. The van der Waals surface area contributed by atoms with Crippen LogP contribution < -0.4 is 5.73 Å². The Morgan fingerprint density at radius 1 is 1.50 bits per heavy atom. The van der Waals surface area contributed by atoms with Crippen molar-refractivity contribution in [1.29, 1.82) is 0 Å². The lowest BCUT2D eigenvalue weighted by Crippen LogP contribution is -2.24. The number of aryl methyl sites for hydroxylation is 1. The van der Waals surface area contributed by atoms with Gasteiger partial charge in [0.1, 0.15) is 10.8 Å². The molecule has 0 saturated carbocycles. The van der Waals surface area contributed by atoms with Crippen LogP contribution in [0, 0.1) is 0 Å². The average molecular weight is 204 g/mol. The van der Waals surface area contributed by atoms with Gasteiger partial charge in [-0.1, -0.05) is 37.3 Å². The summed E-state index contributed by atoms with van der Waals surface area (Å²) in [4.78, 5) is 4.84. The van der Waals surface area contributed by atoms with Gasteiger partial charge in [0, 0.05) is 12.0 Å². The molecule has 2 rings (SSSR count). The van der Waals surface area contributed by atoms with Crippen LogP contribution in [0.4, 0.5) is 0 Å². The van der Waals surface area contributed by atoms with Gasteiger partial charge in [0.2, 0.25) is 0 Å². The fourth-order valence-electron chi connectivity index (χ4n) is 1.82. The van der Waals surface area contributed by atoms with Crippen LogP contribution in [0.1, 0.15) is 23.6 Å². The van der Waals surface area contributed by atoms with Crippen LogP contribution in [0.5, 0.6) is 0 Å². The van der Waals surface area contributed by atoms with E-state index < -0.39 is 0 Å². The van der Waals surface area contributed by atoms with Gasteiger partial charge in [-0.3, -0.25) is 0 Å². The highest BCUT2D eigenvalue weighted by atomic mass is 32.1. The van der Waals surface area contributed by atoms with Crippen molar-refractivity contribution in [2.75, 3.05) is 0 Å².